The Morgan fingerprint density at radius 3 is 2.77 bits per heavy atom. The second-order valence-corrected chi connectivity index (χ2v) is 3.04. The zero-order chi connectivity index (χ0) is 9.26. The molecule has 1 radical (unpaired) electrons. The Kier molecular flexibility index (Phi) is 1.93. The van der Waals surface area contributed by atoms with Gasteiger partial charge in [0.25, 0.3) is 0 Å². The average Bonchev–Trinajstić information content (AvgIpc) is 2.17. The lowest BCUT2D eigenvalue weighted by Crippen LogP contribution is -1.80. The van der Waals surface area contributed by atoms with Crippen LogP contribution in [0.15, 0.2) is 36.4 Å². The van der Waals surface area contributed by atoms with Crippen LogP contribution in [0.25, 0.3) is 10.8 Å². The Bertz CT molecular complexity index is 432. The maximum Gasteiger partial charge on any atom is 0.116 e. The fourth-order valence-corrected chi connectivity index (χ4v) is 1.54. The number of fused-ring (bicyclic) bond motifs is 1. The van der Waals surface area contributed by atoms with Gasteiger partial charge in [-0.15, -0.1) is 0 Å². The molecule has 0 amide bonds. The number of hydrogen-bond acceptors (Lipinski definition) is 1. The molecular formula is C12H11O. The largest absolute Gasteiger partial charge is 0.508 e. The average molecular weight is 171 g/mol. The first-order chi connectivity index (χ1) is 6.31. The monoisotopic (exact) mass is 171 g/mol. The first kappa shape index (κ1) is 8.11. The van der Waals surface area contributed by atoms with E-state index in [0.717, 1.165) is 16.3 Å². The van der Waals surface area contributed by atoms with Gasteiger partial charge in [0, 0.05) is 0 Å². The smallest absolute Gasteiger partial charge is 0.116 e. The zero-order valence-corrected chi connectivity index (χ0v) is 7.49. The third-order valence-electron chi connectivity index (χ3n) is 2.21. The molecule has 0 atom stereocenters. The van der Waals surface area contributed by atoms with Crippen molar-refractivity contribution in [3.05, 3.63) is 48.4 Å². The fraction of sp³-hybridized carbons (Fsp3) is 0.0833. The topological polar surface area (TPSA) is 20.2 Å². The molecule has 13 heavy (non-hydrogen) atoms. The van der Waals surface area contributed by atoms with E-state index in [4.69, 9.17) is 0 Å². The van der Waals surface area contributed by atoms with Crippen molar-refractivity contribution < 1.29 is 5.11 Å². The Balaban J connectivity index is 2.79. The van der Waals surface area contributed by atoms with Gasteiger partial charge in [-0.3, -0.25) is 0 Å². The van der Waals surface area contributed by atoms with Gasteiger partial charge in [0.1, 0.15) is 5.75 Å². The molecule has 0 spiro atoms. The highest BCUT2D eigenvalue weighted by atomic mass is 16.3. The highest BCUT2D eigenvalue weighted by molar-refractivity contribution is 5.87. The van der Waals surface area contributed by atoms with Crippen molar-refractivity contribution in [2.75, 3.05) is 0 Å². The minimum atomic E-state index is 0.321. The summed E-state index contributed by atoms with van der Waals surface area (Å²) in [4.78, 5) is 0. The molecule has 0 aliphatic heterocycles. The molecule has 2 rings (SSSR count). The summed E-state index contributed by atoms with van der Waals surface area (Å²) in [6.45, 7) is 2.00. The lowest BCUT2D eigenvalue weighted by Gasteiger charge is -2.03. The van der Waals surface area contributed by atoms with Crippen molar-refractivity contribution in [1.29, 1.82) is 0 Å². The first-order valence-electron chi connectivity index (χ1n) is 4.32. The molecule has 65 valence electrons. The van der Waals surface area contributed by atoms with Crippen molar-refractivity contribution in [3.8, 4) is 5.75 Å². The van der Waals surface area contributed by atoms with Crippen LogP contribution in [0.3, 0.4) is 0 Å². The standard InChI is InChI=1S/C12H11O/c1-2-9-4-3-5-10-6-7-11(13)8-12(9)10/h2-8,13H,1H3. The van der Waals surface area contributed by atoms with E-state index in [-0.39, 0.29) is 0 Å². The van der Waals surface area contributed by atoms with Gasteiger partial charge < -0.3 is 5.11 Å². The highest BCUT2D eigenvalue weighted by Crippen LogP contribution is 2.23. The molecule has 0 heterocycles. The quantitative estimate of drug-likeness (QED) is 0.699. The molecular weight excluding hydrogens is 160 g/mol. The number of phenolic OH excluding ortho intramolecular Hbond substituents is 1. The van der Waals surface area contributed by atoms with E-state index in [9.17, 15) is 5.11 Å². The number of benzene rings is 2. The van der Waals surface area contributed by atoms with Crippen LogP contribution in [0.1, 0.15) is 12.5 Å². The maximum atomic E-state index is 9.34. The second-order valence-electron chi connectivity index (χ2n) is 3.04. The predicted octanol–water partition coefficient (Wildman–Crippen LogP) is 3.12. The van der Waals surface area contributed by atoms with Gasteiger partial charge in [-0.1, -0.05) is 31.2 Å². The molecule has 1 nitrogen and oxygen atoms in total. The summed E-state index contributed by atoms with van der Waals surface area (Å²) in [5, 5.41) is 11.6. The van der Waals surface area contributed by atoms with Gasteiger partial charge in [0.15, 0.2) is 0 Å². The summed E-state index contributed by atoms with van der Waals surface area (Å²) >= 11 is 0. The SMILES string of the molecule is C[CH]c1cccc2ccc(O)cc12. The van der Waals surface area contributed by atoms with E-state index in [2.05, 4.69) is 0 Å². The molecule has 0 aliphatic rings. The molecule has 0 aliphatic carbocycles. The number of aromatic hydroxyl groups is 1. The van der Waals surface area contributed by atoms with Gasteiger partial charge in [0.2, 0.25) is 0 Å². The minimum Gasteiger partial charge on any atom is -0.508 e. The molecule has 0 fully saturated rings. The zero-order valence-electron chi connectivity index (χ0n) is 7.49. The molecule has 1 N–H and O–H groups in total. The number of hydrogen-bond donors (Lipinski definition) is 1. The summed E-state index contributed by atoms with van der Waals surface area (Å²) in [6.07, 6.45) is 2.04. The minimum absolute atomic E-state index is 0.321. The van der Waals surface area contributed by atoms with Gasteiger partial charge in [-0.05, 0) is 34.9 Å². The summed E-state index contributed by atoms with van der Waals surface area (Å²) < 4.78 is 0. The van der Waals surface area contributed by atoms with Gasteiger partial charge in [-0.2, -0.15) is 0 Å². The molecule has 2 aromatic carbocycles. The van der Waals surface area contributed by atoms with Gasteiger partial charge >= 0.3 is 0 Å². The van der Waals surface area contributed by atoms with Crippen LogP contribution >= 0.6 is 0 Å². The van der Waals surface area contributed by atoms with Crippen molar-refractivity contribution in [1.82, 2.24) is 0 Å². The Morgan fingerprint density at radius 2 is 2.00 bits per heavy atom. The van der Waals surface area contributed by atoms with Crippen molar-refractivity contribution in [2.45, 2.75) is 6.92 Å². The van der Waals surface area contributed by atoms with E-state index in [1.807, 2.05) is 37.6 Å². The van der Waals surface area contributed by atoms with Crippen LogP contribution in [0.2, 0.25) is 0 Å². The molecule has 1 heteroatoms. The predicted molar refractivity (Wildman–Crippen MR) is 54.7 cm³/mol. The molecule has 0 unspecified atom stereocenters. The Labute approximate surface area is 77.6 Å². The molecule has 0 aromatic heterocycles. The fourth-order valence-electron chi connectivity index (χ4n) is 1.54. The number of phenols is 1. The molecule has 2 aromatic rings. The van der Waals surface area contributed by atoms with E-state index in [0.29, 0.717) is 5.75 Å². The van der Waals surface area contributed by atoms with Crippen LogP contribution in [0, 0.1) is 6.42 Å². The second kappa shape index (κ2) is 3.09. The summed E-state index contributed by atoms with van der Waals surface area (Å²) in [6, 6.07) is 11.5. The summed E-state index contributed by atoms with van der Waals surface area (Å²) in [7, 11) is 0. The van der Waals surface area contributed by atoms with Gasteiger partial charge in [0.05, 0.1) is 0 Å². The Hall–Kier alpha value is -1.50. The molecule has 0 saturated carbocycles. The van der Waals surface area contributed by atoms with Crippen LogP contribution in [-0.2, 0) is 0 Å². The van der Waals surface area contributed by atoms with Crippen molar-refractivity contribution >= 4 is 10.8 Å². The third-order valence-corrected chi connectivity index (χ3v) is 2.21. The van der Waals surface area contributed by atoms with Crippen LogP contribution in [0.5, 0.6) is 5.75 Å². The van der Waals surface area contributed by atoms with Crippen LogP contribution in [-0.4, -0.2) is 5.11 Å². The van der Waals surface area contributed by atoms with Crippen molar-refractivity contribution in [3.63, 3.8) is 0 Å². The van der Waals surface area contributed by atoms with Crippen LogP contribution < -0.4 is 0 Å². The lowest BCUT2D eigenvalue weighted by atomic mass is 10.0. The summed E-state index contributed by atoms with van der Waals surface area (Å²) in [5.74, 6) is 0.321. The van der Waals surface area contributed by atoms with E-state index in [1.165, 1.54) is 0 Å². The van der Waals surface area contributed by atoms with Crippen molar-refractivity contribution in [2.24, 2.45) is 0 Å². The van der Waals surface area contributed by atoms with E-state index >= 15 is 0 Å². The molecule has 0 saturated heterocycles. The number of rotatable bonds is 1. The Morgan fingerprint density at radius 1 is 1.15 bits per heavy atom. The maximum absolute atomic E-state index is 9.34. The van der Waals surface area contributed by atoms with Gasteiger partial charge in [-0.25, -0.2) is 0 Å². The van der Waals surface area contributed by atoms with Crippen LogP contribution in [0.4, 0.5) is 0 Å². The lowest BCUT2D eigenvalue weighted by molar-refractivity contribution is 0.476. The first-order valence-corrected chi connectivity index (χ1v) is 4.32. The molecule has 0 bridgehead atoms. The van der Waals surface area contributed by atoms with E-state index in [1.54, 1.807) is 12.1 Å². The highest BCUT2D eigenvalue weighted by Gasteiger charge is 1.99. The summed E-state index contributed by atoms with van der Waals surface area (Å²) in [5.41, 5.74) is 1.16. The third kappa shape index (κ3) is 1.37. The normalized spacial score (nSPS) is 10.5. The van der Waals surface area contributed by atoms with E-state index < -0.39 is 0 Å².